The maximum Gasteiger partial charge on any atom is 0.256 e. The van der Waals surface area contributed by atoms with Crippen LogP contribution in [0.25, 0.3) is 0 Å². The Morgan fingerprint density at radius 3 is 2.50 bits per heavy atom. The minimum absolute atomic E-state index is 0.142. The Morgan fingerprint density at radius 1 is 1.14 bits per heavy atom. The summed E-state index contributed by atoms with van der Waals surface area (Å²) in [6.45, 7) is 3.33. The summed E-state index contributed by atoms with van der Waals surface area (Å²) in [6.07, 6.45) is 5.73. The number of amides is 1. The molecule has 1 aliphatic heterocycles. The quantitative estimate of drug-likeness (QED) is 0.778. The molecule has 150 valence electrons. The van der Waals surface area contributed by atoms with Gasteiger partial charge in [0.2, 0.25) is 10.0 Å². The molecule has 1 amide bonds. The Morgan fingerprint density at radius 2 is 1.82 bits per heavy atom. The predicted molar refractivity (Wildman–Crippen MR) is 105 cm³/mol. The van der Waals surface area contributed by atoms with Gasteiger partial charge in [0, 0.05) is 43.5 Å². The lowest BCUT2D eigenvalue weighted by atomic mass is 10.2. The van der Waals surface area contributed by atoms with Gasteiger partial charge < -0.3 is 5.32 Å². The molecule has 1 aliphatic rings. The van der Waals surface area contributed by atoms with Crippen molar-refractivity contribution in [2.24, 2.45) is 0 Å². The molecule has 2 heterocycles. The van der Waals surface area contributed by atoms with Crippen LogP contribution in [-0.2, 0) is 16.6 Å². The van der Waals surface area contributed by atoms with Gasteiger partial charge in [0.25, 0.3) is 11.5 Å². The summed E-state index contributed by atoms with van der Waals surface area (Å²) in [5, 5.41) is 2.73. The highest BCUT2D eigenvalue weighted by molar-refractivity contribution is 7.89. The number of benzene rings is 1. The van der Waals surface area contributed by atoms with Crippen LogP contribution >= 0.6 is 0 Å². The van der Waals surface area contributed by atoms with Crippen LogP contribution in [0.2, 0.25) is 0 Å². The zero-order valence-corrected chi connectivity index (χ0v) is 16.6. The van der Waals surface area contributed by atoms with E-state index in [0.29, 0.717) is 30.8 Å². The first kappa shape index (κ1) is 20.2. The zero-order valence-electron chi connectivity index (χ0n) is 15.8. The van der Waals surface area contributed by atoms with E-state index in [1.165, 1.54) is 45.7 Å². The van der Waals surface area contributed by atoms with Gasteiger partial charge in [-0.2, -0.15) is 4.31 Å². The van der Waals surface area contributed by atoms with Crippen LogP contribution in [0.15, 0.2) is 46.5 Å². The molecule has 0 atom stereocenters. The maximum absolute atomic E-state index is 12.6. The summed E-state index contributed by atoms with van der Waals surface area (Å²) in [7, 11) is -3.51. The highest BCUT2D eigenvalue weighted by Gasteiger charge is 2.25. The standard InChI is InChI=1S/C19H24N4O4S/c1-15-13-20-14-22(19(15)25)12-9-21-18(24)16-5-7-17(8-6-16)28(26,27)23-10-3-2-4-11-23/h5-8,13-14H,2-4,9-12H2,1H3,(H,21,24). The number of carbonyl (C=O) groups excluding carboxylic acids is 1. The van der Waals surface area contributed by atoms with Crippen molar-refractivity contribution in [3.63, 3.8) is 0 Å². The number of carbonyl (C=O) groups is 1. The van der Waals surface area contributed by atoms with E-state index in [9.17, 15) is 18.0 Å². The minimum Gasteiger partial charge on any atom is -0.350 e. The first-order chi connectivity index (χ1) is 13.4. The Hall–Kier alpha value is -2.52. The number of sulfonamides is 1. The van der Waals surface area contributed by atoms with Crippen molar-refractivity contribution in [3.05, 3.63) is 58.3 Å². The zero-order chi connectivity index (χ0) is 20.1. The summed E-state index contributed by atoms with van der Waals surface area (Å²) < 4.78 is 28.2. The molecule has 1 saturated heterocycles. The van der Waals surface area contributed by atoms with Gasteiger partial charge in [-0.3, -0.25) is 14.2 Å². The minimum atomic E-state index is -3.51. The molecule has 1 fully saturated rings. The molecule has 8 nitrogen and oxygen atoms in total. The van der Waals surface area contributed by atoms with Crippen molar-refractivity contribution in [3.8, 4) is 0 Å². The Kier molecular flexibility index (Phi) is 6.25. The van der Waals surface area contributed by atoms with Gasteiger partial charge in [0.05, 0.1) is 11.2 Å². The topological polar surface area (TPSA) is 101 Å². The molecule has 9 heteroatoms. The number of rotatable bonds is 6. The third-order valence-electron chi connectivity index (χ3n) is 4.78. The van der Waals surface area contributed by atoms with E-state index in [2.05, 4.69) is 10.3 Å². The van der Waals surface area contributed by atoms with Crippen molar-refractivity contribution in [2.45, 2.75) is 37.6 Å². The van der Waals surface area contributed by atoms with E-state index in [1.54, 1.807) is 6.92 Å². The number of hydrogen-bond acceptors (Lipinski definition) is 5. The summed E-state index contributed by atoms with van der Waals surface area (Å²) in [6, 6.07) is 5.95. The second-order valence-corrected chi connectivity index (χ2v) is 8.76. The molecule has 3 rings (SSSR count). The maximum atomic E-state index is 12.6. The lowest BCUT2D eigenvalue weighted by molar-refractivity contribution is 0.0952. The predicted octanol–water partition coefficient (Wildman–Crippen LogP) is 1.16. The van der Waals surface area contributed by atoms with Crippen LogP contribution in [0.5, 0.6) is 0 Å². The average molecular weight is 404 g/mol. The lowest BCUT2D eigenvalue weighted by Crippen LogP contribution is -2.35. The van der Waals surface area contributed by atoms with Crippen molar-refractivity contribution in [1.29, 1.82) is 0 Å². The van der Waals surface area contributed by atoms with E-state index in [-0.39, 0.29) is 22.9 Å². The lowest BCUT2D eigenvalue weighted by Gasteiger charge is -2.25. The number of piperidine rings is 1. The van der Waals surface area contributed by atoms with E-state index < -0.39 is 10.0 Å². The van der Waals surface area contributed by atoms with Gasteiger partial charge in [-0.15, -0.1) is 0 Å². The van der Waals surface area contributed by atoms with Gasteiger partial charge in [0.1, 0.15) is 0 Å². The number of nitrogens with zero attached hydrogens (tertiary/aromatic N) is 3. The molecule has 0 spiro atoms. The normalized spacial score (nSPS) is 15.3. The van der Waals surface area contributed by atoms with Crippen molar-refractivity contribution in [2.75, 3.05) is 19.6 Å². The van der Waals surface area contributed by atoms with Crippen LogP contribution in [0.3, 0.4) is 0 Å². The van der Waals surface area contributed by atoms with Crippen LogP contribution in [0, 0.1) is 6.92 Å². The number of aromatic nitrogens is 2. The first-order valence-electron chi connectivity index (χ1n) is 9.29. The smallest absolute Gasteiger partial charge is 0.256 e. The molecule has 1 aromatic carbocycles. The fraction of sp³-hybridized carbons (Fsp3) is 0.421. The van der Waals surface area contributed by atoms with Gasteiger partial charge >= 0.3 is 0 Å². The average Bonchev–Trinajstić information content (AvgIpc) is 2.72. The molecule has 0 saturated carbocycles. The van der Waals surface area contributed by atoms with Crippen LogP contribution in [0.4, 0.5) is 0 Å². The SMILES string of the molecule is Cc1cncn(CCNC(=O)c2ccc(S(=O)(=O)N3CCCCC3)cc2)c1=O. The fourth-order valence-corrected chi connectivity index (χ4v) is 4.66. The molecule has 0 bridgehead atoms. The summed E-state index contributed by atoms with van der Waals surface area (Å²) in [5.74, 6) is -0.324. The van der Waals surface area contributed by atoms with Gasteiger partial charge in [-0.05, 0) is 44.0 Å². The number of hydrogen-bond donors (Lipinski definition) is 1. The highest BCUT2D eigenvalue weighted by Crippen LogP contribution is 2.20. The van der Waals surface area contributed by atoms with Crippen LogP contribution in [-0.4, -0.2) is 47.8 Å². The van der Waals surface area contributed by atoms with Gasteiger partial charge in [-0.1, -0.05) is 6.42 Å². The van der Waals surface area contributed by atoms with Crippen molar-refractivity contribution >= 4 is 15.9 Å². The second kappa shape index (κ2) is 8.66. The molecule has 0 aliphatic carbocycles. The Labute approximate surface area is 164 Å². The molecule has 0 unspecified atom stereocenters. The van der Waals surface area contributed by atoms with E-state index in [1.807, 2.05) is 0 Å². The first-order valence-corrected chi connectivity index (χ1v) is 10.7. The molecular weight excluding hydrogens is 380 g/mol. The number of nitrogens with one attached hydrogen (secondary N) is 1. The van der Waals surface area contributed by atoms with E-state index in [0.717, 1.165) is 19.3 Å². The van der Waals surface area contributed by atoms with Gasteiger partial charge in [-0.25, -0.2) is 13.4 Å². The van der Waals surface area contributed by atoms with Gasteiger partial charge in [0.15, 0.2) is 0 Å². The van der Waals surface area contributed by atoms with E-state index in [4.69, 9.17) is 0 Å². The molecule has 0 radical (unpaired) electrons. The van der Waals surface area contributed by atoms with Crippen LogP contribution < -0.4 is 10.9 Å². The highest BCUT2D eigenvalue weighted by atomic mass is 32.2. The Bertz CT molecular complexity index is 993. The van der Waals surface area contributed by atoms with E-state index >= 15 is 0 Å². The second-order valence-electron chi connectivity index (χ2n) is 6.82. The molecule has 28 heavy (non-hydrogen) atoms. The monoisotopic (exact) mass is 404 g/mol. The summed E-state index contributed by atoms with van der Waals surface area (Å²) in [5.41, 5.74) is 0.767. The molecule has 1 N–H and O–H groups in total. The fourth-order valence-electron chi connectivity index (χ4n) is 3.14. The third-order valence-corrected chi connectivity index (χ3v) is 6.69. The summed E-state index contributed by atoms with van der Waals surface area (Å²) >= 11 is 0. The van der Waals surface area contributed by atoms with Crippen LogP contribution in [0.1, 0.15) is 35.2 Å². The molecule has 1 aromatic heterocycles. The Balaban J connectivity index is 1.60. The molecular formula is C19H24N4O4S. The number of aryl methyl sites for hydroxylation is 1. The van der Waals surface area contributed by atoms with Crippen molar-refractivity contribution in [1.82, 2.24) is 19.2 Å². The molecule has 2 aromatic rings. The third kappa shape index (κ3) is 4.48. The van der Waals surface area contributed by atoms with Crippen molar-refractivity contribution < 1.29 is 13.2 Å². The summed E-state index contributed by atoms with van der Waals surface area (Å²) in [4.78, 5) is 28.4. The largest absolute Gasteiger partial charge is 0.350 e.